The fourth-order valence-electron chi connectivity index (χ4n) is 1.75. The van der Waals surface area contributed by atoms with Gasteiger partial charge in [0.15, 0.2) is 0 Å². The molecule has 0 saturated carbocycles. The Morgan fingerprint density at radius 2 is 2.12 bits per heavy atom. The summed E-state index contributed by atoms with van der Waals surface area (Å²) in [6.07, 6.45) is 7.21. The molecule has 0 aliphatic heterocycles. The lowest BCUT2D eigenvalue weighted by atomic mass is 10.1. The Labute approximate surface area is 104 Å². The lowest BCUT2D eigenvalue weighted by Crippen LogP contribution is -2.18. The van der Waals surface area contributed by atoms with Crippen LogP contribution in [0.3, 0.4) is 0 Å². The monoisotopic (exact) mass is 249 g/mol. The van der Waals surface area contributed by atoms with E-state index in [1.54, 1.807) is 0 Å². The molecule has 0 radical (unpaired) electrons. The van der Waals surface area contributed by atoms with Crippen LogP contribution in [0.5, 0.6) is 0 Å². The average Bonchev–Trinajstić information content (AvgIpc) is 2.81. The number of rotatable bonds is 5. The van der Waals surface area contributed by atoms with Gasteiger partial charge in [-0.25, -0.2) is 9.97 Å². The zero-order valence-electron chi connectivity index (χ0n) is 9.92. The summed E-state index contributed by atoms with van der Waals surface area (Å²) in [7, 11) is 1.92. The summed E-state index contributed by atoms with van der Waals surface area (Å²) in [5.41, 5.74) is 2.11. The maximum atomic E-state index is 4.19. The maximum absolute atomic E-state index is 4.19. The smallest absolute Gasteiger partial charge is 0.115 e. The van der Waals surface area contributed by atoms with Crippen molar-refractivity contribution >= 4 is 11.5 Å². The molecule has 0 bridgehead atoms. The molecule has 0 spiro atoms. The lowest BCUT2D eigenvalue weighted by Gasteiger charge is -2.14. The van der Waals surface area contributed by atoms with Gasteiger partial charge in [-0.2, -0.15) is 0 Å². The minimum atomic E-state index is 0.0812. The zero-order chi connectivity index (χ0) is 12.1. The topological polar surface area (TPSA) is 63.6 Å². The summed E-state index contributed by atoms with van der Waals surface area (Å²) in [6, 6.07) is 0.0812. The van der Waals surface area contributed by atoms with E-state index in [0.29, 0.717) is 0 Å². The van der Waals surface area contributed by atoms with Crippen molar-refractivity contribution in [2.45, 2.75) is 25.8 Å². The highest BCUT2D eigenvalue weighted by Gasteiger charge is 2.19. The van der Waals surface area contributed by atoms with Gasteiger partial charge < -0.3 is 5.32 Å². The van der Waals surface area contributed by atoms with Crippen molar-refractivity contribution in [1.29, 1.82) is 0 Å². The van der Waals surface area contributed by atoms with Crippen LogP contribution in [0.2, 0.25) is 0 Å². The highest BCUT2D eigenvalue weighted by molar-refractivity contribution is 7.05. The Balaban J connectivity index is 2.32. The Bertz CT molecular complexity index is 456. The van der Waals surface area contributed by atoms with Gasteiger partial charge in [-0.3, -0.25) is 0 Å². The molecule has 0 fully saturated rings. The average molecular weight is 249 g/mol. The summed E-state index contributed by atoms with van der Waals surface area (Å²) < 4.78 is 4.05. The highest BCUT2D eigenvalue weighted by Crippen LogP contribution is 2.26. The third-order valence-electron chi connectivity index (χ3n) is 2.54. The molecule has 1 atom stereocenters. The Morgan fingerprint density at radius 1 is 1.35 bits per heavy atom. The highest BCUT2D eigenvalue weighted by atomic mass is 32.1. The predicted octanol–water partition coefficient (Wildman–Crippen LogP) is 1.59. The van der Waals surface area contributed by atoms with Gasteiger partial charge in [-0.1, -0.05) is 17.8 Å². The van der Waals surface area contributed by atoms with E-state index in [0.717, 1.165) is 29.0 Å². The fraction of sp³-hybridized carbons (Fsp3) is 0.455. The summed E-state index contributed by atoms with van der Waals surface area (Å²) >= 11 is 1.44. The predicted molar refractivity (Wildman–Crippen MR) is 66.8 cm³/mol. The normalized spacial score (nSPS) is 12.6. The first-order valence-electron chi connectivity index (χ1n) is 5.60. The minimum Gasteiger partial charge on any atom is -0.308 e. The van der Waals surface area contributed by atoms with Crippen LogP contribution in [-0.2, 0) is 6.42 Å². The van der Waals surface area contributed by atoms with Crippen LogP contribution in [0, 0.1) is 0 Å². The number of nitrogens with zero attached hydrogens (tertiary/aromatic N) is 4. The van der Waals surface area contributed by atoms with E-state index in [2.05, 4.69) is 31.8 Å². The molecule has 2 rings (SSSR count). The van der Waals surface area contributed by atoms with E-state index in [9.17, 15) is 0 Å². The number of aryl methyl sites for hydroxylation is 1. The Hall–Kier alpha value is -1.40. The molecule has 90 valence electrons. The number of aromatic nitrogens is 4. The number of hydrogen-bond acceptors (Lipinski definition) is 6. The summed E-state index contributed by atoms with van der Waals surface area (Å²) in [4.78, 5) is 9.26. The van der Waals surface area contributed by atoms with Crippen molar-refractivity contribution in [3.63, 3.8) is 0 Å². The largest absolute Gasteiger partial charge is 0.308 e. The van der Waals surface area contributed by atoms with Crippen molar-refractivity contribution in [1.82, 2.24) is 24.9 Å². The molecule has 2 aromatic rings. The maximum Gasteiger partial charge on any atom is 0.115 e. The van der Waals surface area contributed by atoms with Gasteiger partial charge in [0.05, 0.1) is 16.6 Å². The van der Waals surface area contributed by atoms with Gasteiger partial charge >= 0.3 is 0 Å². The van der Waals surface area contributed by atoms with E-state index in [1.165, 1.54) is 17.9 Å². The molecule has 0 saturated heterocycles. The number of hydrogen-bond donors (Lipinski definition) is 1. The molecule has 1 N–H and O–H groups in total. The Morgan fingerprint density at radius 3 is 2.76 bits per heavy atom. The van der Waals surface area contributed by atoms with Gasteiger partial charge in [-0.05, 0) is 25.0 Å². The van der Waals surface area contributed by atoms with Crippen molar-refractivity contribution < 1.29 is 0 Å². The second kappa shape index (κ2) is 5.79. The summed E-state index contributed by atoms with van der Waals surface area (Å²) in [5.74, 6) is 0. The molecular weight excluding hydrogens is 234 g/mol. The van der Waals surface area contributed by atoms with E-state index in [1.807, 2.05) is 19.4 Å². The van der Waals surface area contributed by atoms with Gasteiger partial charge in [0, 0.05) is 18.0 Å². The first-order valence-corrected chi connectivity index (χ1v) is 6.37. The SMILES string of the molecule is CCCc1nnsc1C(NC)c1cncnc1. The Kier molecular flexibility index (Phi) is 4.11. The standard InChI is InChI=1S/C11H15N5S/c1-3-4-9-11(17-16-15-9)10(12-2)8-5-13-7-14-6-8/h5-7,10,12H,3-4H2,1-2H3. The van der Waals surface area contributed by atoms with E-state index >= 15 is 0 Å². The first kappa shape index (κ1) is 12.1. The van der Waals surface area contributed by atoms with Crippen LogP contribution in [0.4, 0.5) is 0 Å². The molecule has 1 unspecified atom stereocenters. The fourth-order valence-corrected chi connectivity index (χ4v) is 2.59. The van der Waals surface area contributed by atoms with Crippen LogP contribution in [-0.4, -0.2) is 26.6 Å². The molecule has 2 aromatic heterocycles. The molecule has 5 nitrogen and oxygen atoms in total. The van der Waals surface area contributed by atoms with E-state index in [4.69, 9.17) is 0 Å². The van der Waals surface area contributed by atoms with Crippen LogP contribution < -0.4 is 5.32 Å². The van der Waals surface area contributed by atoms with Gasteiger partial charge in [-0.15, -0.1) is 5.10 Å². The molecule has 0 aliphatic rings. The van der Waals surface area contributed by atoms with Gasteiger partial charge in [0.1, 0.15) is 6.33 Å². The lowest BCUT2D eigenvalue weighted by molar-refractivity contribution is 0.681. The van der Waals surface area contributed by atoms with Crippen molar-refractivity contribution in [3.8, 4) is 0 Å². The first-order chi connectivity index (χ1) is 8.36. The van der Waals surface area contributed by atoms with Crippen molar-refractivity contribution in [2.75, 3.05) is 7.05 Å². The zero-order valence-corrected chi connectivity index (χ0v) is 10.7. The van der Waals surface area contributed by atoms with Crippen molar-refractivity contribution in [3.05, 3.63) is 34.9 Å². The molecule has 0 amide bonds. The third kappa shape index (κ3) is 2.65. The minimum absolute atomic E-state index is 0.0812. The molecule has 6 heteroatoms. The van der Waals surface area contributed by atoms with Gasteiger partial charge in [0.2, 0.25) is 0 Å². The summed E-state index contributed by atoms with van der Waals surface area (Å²) in [6.45, 7) is 2.14. The summed E-state index contributed by atoms with van der Waals surface area (Å²) in [5, 5.41) is 7.46. The second-order valence-electron chi connectivity index (χ2n) is 3.73. The van der Waals surface area contributed by atoms with Crippen LogP contribution in [0.25, 0.3) is 0 Å². The van der Waals surface area contributed by atoms with Crippen molar-refractivity contribution in [2.24, 2.45) is 0 Å². The van der Waals surface area contributed by atoms with E-state index < -0.39 is 0 Å². The van der Waals surface area contributed by atoms with Gasteiger partial charge in [0.25, 0.3) is 0 Å². The van der Waals surface area contributed by atoms with E-state index in [-0.39, 0.29) is 6.04 Å². The molecule has 0 aliphatic carbocycles. The quantitative estimate of drug-likeness (QED) is 0.871. The molecule has 0 aromatic carbocycles. The van der Waals surface area contributed by atoms with Crippen LogP contribution >= 0.6 is 11.5 Å². The third-order valence-corrected chi connectivity index (χ3v) is 3.37. The molecule has 17 heavy (non-hydrogen) atoms. The molecule has 2 heterocycles. The van der Waals surface area contributed by atoms with Crippen LogP contribution in [0.15, 0.2) is 18.7 Å². The second-order valence-corrected chi connectivity index (χ2v) is 4.51. The molecular formula is C11H15N5S. The van der Waals surface area contributed by atoms with Crippen LogP contribution in [0.1, 0.15) is 35.5 Å². The number of nitrogens with one attached hydrogen (secondary N) is 1.